The highest BCUT2D eigenvalue weighted by molar-refractivity contribution is 7.10. The van der Waals surface area contributed by atoms with Crippen molar-refractivity contribution in [3.8, 4) is 5.75 Å². The number of nitrogens with zero attached hydrogens (tertiary/aromatic N) is 2. The van der Waals surface area contributed by atoms with Gasteiger partial charge in [-0.2, -0.15) is 0 Å². The van der Waals surface area contributed by atoms with E-state index in [2.05, 4.69) is 37.4 Å². The Hall–Kier alpha value is -2.38. The Morgan fingerprint density at radius 3 is 2.62 bits per heavy atom. The lowest BCUT2D eigenvalue weighted by Crippen LogP contribution is -2.48. The van der Waals surface area contributed by atoms with Gasteiger partial charge in [0.25, 0.3) is 0 Å². The quantitative estimate of drug-likeness (QED) is 0.534. The van der Waals surface area contributed by atoms with Gasteiger partial charge < -0.3 is 19.3 Å². The van der Waals surface area contributed by atoms with Crippen LogP contribution in [0.3, 0.4) is 0 Å². The SMILES string of the molecule is CCCN(CC(=O)N1CCc2sccc2[C@@H]1COc1ccc(C(C)C)cc1)C(=O)COC. The van der Waals surface area contributed by atoms with Crippen LogP contribution in [0.15, 0.2) is 35.7 Å². The highest BCUT2D eigenvalue weighted by Crippen LogP contribution is 2.34. The zero-order chi connectivity index (χ0) is 23.1. The van der Waals surface area contributed by atoms with Gasteiger partial charge in [0.15, 0.2) is 0 Å². The van der Waals surface area contributed by atoms with Crippen molar-refractivity contribution in [2.75, 3.05) is 40.0 Å². The number of benzene rings is 1. The van der Waals surface area contributed by atoms with E-state index in [1.165, 1.54) is 17.6 Å². The van der Waals surface area contributed by atoms with Gasteiger partial charge in [0.2, 0.25) is 11.8 Å². The van der Waals surface area contributed by atoms with Gasteiger partial charge in [-0.25, -0.2) is 0 Å². The van der Waals surface area contributed by atoms with Crippen molar-refractivity contribution in [3.05, 3.63) is 51.7 Å². The van der Waals surface area contributed by atoms with Crippen molar-refractivity contribution in [2.45, 2.75) is 45.6 Å². The molecule has 1 atom stereocenters. The molecule has 1 aliphatic rings. The van der Waals surface area contributed by atoms with Crippen LogP contribution in [0.1, 0.15) is 55.2 Å². The van der Waals surface area contributed by atoms with E-state index in [0.717, 1.165) is 24.2 Å². The summed E-state index contributed by atoms with van der Waals surface area (Å²) in [6.07, 6.45) is 1.62. The number of fused-ring (bicyclic) bond motifs is 1. The molecular formula is C25H34N2O4S. The van der Waals surface area contributed by atoms with Crippen LogP contribution in [0.25, 0.3) is 0 Å². The minimum Gasteiger partial charge on any atom is -0.491 e. The Morgan fingerprint density at radius 1 is 1.22 bits per heavy atom. The molecule has 1 aromatic heterocycles. The lowest BCUT2D eigenvalue weighted by Gasteiger charge is -2.37. The molecule has 1 aliphatic heterocycles. The number of thiophene rings is 1. The standard InChI is InChI=1S/C25H34N2O4S/c1-5-12-26(25(29)17-30-4)15-24(28)27-13-10-23-21(11-14-32-23)22(27)16-31-20-8-6-19(7-9-20)18(2)3/h6-9,11,14,18,22H,5,10,12-13,15-17H2,1-4H3/t22-/m0/s1. The van der Waals surface area contributed by atoms with Gasteiger partial charge >= 0.3 is 0 Å². The number of rotatable bonds is 10. The van der Waals surface area contributed by atoms with Crippen LogP contribution in [0, 0.1) is 0 Å². The maximum Gasteiger partial charge on any atom is 0.249 e. The summed E-state index contributed by atoms with van der Waals surface area (Å²) in [5.41, 5.74) is 2.42. The molecule has 2 heterocycles. The molecule has 174 valence electrons. The van der Waals surface area contributed by atoms with E-state index in [1.54, 1.807) is 16.2 Å². The Morgan fingerprint density at radius 2 is 1.97 bits per heavy atom. The number of ether oxygens (including phenoxy) is 2. The molecule has 0 unspecified atom stereocenters. The van der Waals surface area contributed by atoms with Crippen LogP contribution in [-0.4, -0.2) is 61.6 Å². The van der Waals surface area contributed by atoms with Crippen LogP contribution in [-0.2, 0) is 20.7 Å². The first-order chi connectivity index (χ1) is 15.4. The molecule has 6 nitrogen and oxygen atoms in total. The predicted octanol–water partition coefficient (Wildman–Crippen LogP) is 4.26. The molecule has 0 N–H and O–H groups in total. The Balaban J connectivity index is 1.73. The maximum absolute atomic E-state index is 13.3. The zero-order valence-corrected chi connectivity index (χ0v) is 20.3. The third-order valence-electron chi connectivity index (χ3n) is 5.81. The number of carbonyl (C=O) groups excluding carboxylic acids is 2. The molecule has 7 heteroatoms. The van der Waals surface area contributed by atoms with Gasteiger partial charge in [-0.3, -0.25) is 9.59 Å². The van der Waals surface area contributed by atoms with Crippen molar-refractivity contribution in [2.24, 2.45) is 0 Å². The molecule has 0 bridgehead atoms. The summed E-state index contributed by atoms with van der Waals surface area (Å²) in [7, 11) is 1.49. The second kappa shape index (κ2) is 11.5. The zero-order valence-electron chi connectivity index (χ0n) is 19.5. The summed E-state index contributed by atoms with van der Waals surface area (Å²) >= 11 is 1.73. The molecular weight excluding hydrogens is 424 g/mol. The number of methoxy groups -OCH3 is 1. The van der Waals surface area contributed by atoms with Crippen LogP contribution in [0.5, 0.6) is 5.75 Å². The fraction of sp³-hybridized carbons (Fsp3) is 0.520. The van der Waals surface area contributed by atoms with Crippen LogP contribution in [0.2, 0.25) is 0 Å². The Labute approximate surface area is 195 Å². The van der Waals surface area contributed by atoms with E-state index in [4.69, 9.17) is 9.47 Å². The molecule has 0 saturated carbocycles. The summed E-state index contributed by atoms with van der Waals surface area (Å²) in [4.78, 5) is 30.5. The molecule has 0 aliphatic carbocycles. The smallest absolute Gasteiger partial charge is 0.249 e. The van der Waals surface area contributed by atoms with Gasteiger partial charge in [-0.15, -0.1) is 11.3 Å². The summed E-state index contributed by atoms with van der Waals surface area (Å²) in [5, 5.41) is 2.08. The fourth-order valence-corrected chi connectivity index (χ4v) is 4.96. The highest BCUT2D eigenvalue weighted by Gasteiger charge is 2.33. The van der Waals surface area contributed by atoms with Gasteiger partial charge in [0.05, 0.1) is 12.6 Å². The van der Waals surface area contributed by atoms with Gasteiger partial charge in [0, 0.05) is 25.1 Å². The topological polar surface area (TPSA) is 59.1 Å². The Bertz CT molecular complexity index is 894. The molecule has 0 saturated heterocycles. The van der Waals surface area contributed by atoms with E-state index < -0.39 is 0 Å². The maximum atomic E-state index is 13.3. The molecule has 0 spiro atoms. The fourth-order valence-electron chi connectivity index (χ4n) is 4.03. The second-order valence-electron chi connectivity index (χ2n) is 8.44. The second-order valence-corrected chi connectivity index (χ2v) is 9.44. The summed E-state index contributed by atoms with van der Waals surface area (Å²) in [6, 6.07) is 10.1. The third kappa shape index (κ3) is 5.90. The normalized spacial score (nSPS) is 15.5. The van der Waals surface area contributed by atoms with E-state index >= 15 is 0 Å². The molecule has 0 radical (unpaired) electrons. The summed E-state index contributed by atoms with van der Waals surface area (Å²) < 4.78 is 11.1. The molecule has 2 aromatic rings. The minimum atomic E-state index is -0.164. The number of carbonyl (C=O) groups is 2. The van der Waals surface area contributed by atoms with E-state index in [1.807, 2.05) is 24.0 Å². The Kier molecular flexibility index (Phi) is 8.70. The average molecular weight is 459 g/mol. The van der Waals surface area contributed by atoms with E-state index in [-0.39, 0.29) is 31.0 Å². The van der Waals surface area contributed by atoms with Gasteiger partial charge in [-0.05, 0) is 53.5 Å². The van der Waals surface area contributed by atoms with Crippen molar-refractivity contribution in [1.29, 1.82) is 0 Å². The molecule has 2 amide bonds. The lowest BCUT2D eigenvalue weighted by molar-refractivity contribution is -0.144. The predicted molar refractivity (Wildman–Crippen MR) is 127 cm³/mol. The van der Waals surface area contributed by atoms with Crippen LogP contribution < -0.4 is 4.74 Å². The third-order valence-corrected chi connectivity index (χ3v) is 6.81. The molecule has 32 heavy (non-hydrogen) atoms. The van der Waals surface area contributed by atoms with Crippen LogP contribution >= 0.6 is 11.3 Å². The number of amides is 2. The van der Waals surface area contributed by atoms with Gasteiger partial charge in [-0.1, -0.05) is 32.9 Å². The molecule has 0 fully saturated rings. The molecule has 3 rings (SSSR count). The monoisotopic (exact) mass is 458 g/mol. The van der Waals surface area contributed by atoms with Crippen LogP contribution in [0.4, 0.5) is 0 Å². The first kappa shape index (κ1) is 24.3. The summed E-state index contributed by atoms with van der Waals surface area (Å²) in [6.45, 7) is 7.93. The first-order valence-electron chi connectivity index (χ1n) is 11.3. The largest absolute Gasteiger partial charge is 0.491 e. The average Bonchev–Trinajstić information content (AvgIpc) is 3.26. The first-order valence-corrected chi connectivity index (χ1v) is 12.2. The minimum absolute atomic E-state index is 0.0130. The van der Waals surface area contributed by atoms with Crippen molar-refractivity contribution in [3.63, 3.8) is 0 Å². The number of hydrogen-bond acceptors (Lipinski definition) is 5. The van der Waals surface area contributed by atoms with Crippen molar-refractivity contribution in [1.82, 2.24) is 9.80 Å². The number of hydrogen-bond donors (Lipinski definition) is 0. The lowest BCUT2D eigenvalue weighted by atomic mass is 10.00. The van der Waals surface area contributed by atoms with Crippen molar-refractivity contribution >= 4 is 23.2 Å². The van der Waals surface area contributed by atoms with Crippen molar-refractivity contribution < 1.29 is 19.1 Å². The van der Waals surface area contributed by atoms with E-state index in [0.29, 0.717) is 25.6 Å². The van der Waals surface area contributed by atoms with Gasteiger partial charge in [0.1, 0.15) is 19.0 Å². The highest BCUT2D eigenvalue weighted by atomic mass is 32.1. The molecule has 1 aromatic carbocycles. The summed E-state index contributed by atoms with van der Waals surface area (Å²) in [5.74, 6) is 1.06. The van der Waals surface area contributed by atoms with E-state index in [9.17, 15) is 9.59 Å².